The molecule has 1 aliphatic rings. The number of hydrogen-bond donors (Lipinski definition) is 1. The van der Waals surface area contributed by atoms with Crippen molar-refractivity contribution in [2.24, 2.45) is 5.92 Å². The monoisotopic (exact) mass is 408 g/mol. The summed E-state index contributed by atoms with van der Waals surface area (Å²) in [7, 11) is 0. The number of benzene rings is 2. The van der Waals surface area contributed by atoms with E-state index in [1.165, 1.54) is 24.3 Å². The van der Waals surface area contributed by atoms with Gasteiger partial charge in [-0.25, -0.2) is 18.7 Å². The Kier molecular flexibility index (Phi) is 5.97. The van der Waals surface area contributed by atoms with Gasteiger partial charge in [-0.1, -0.05) is 12.1 Å². The van der Waals surface area contributed by atoms with Crippen LogP contribution in [0.1, 0.15) is 18.4 Å². The van der Waals surface area contributed by atoms with E-state index in [1.54, 1.807) is 30.5 Å². The minimum absolute atomic E-state index is 0.0219. The summed E-state index contributed by atoms with van der Waals surface area (Å²) in [5.41, 5.74) is 1.63. The molecule has 0 saturated carbocycles. The van der Waals surface area contributed by atoms with Gasteiger partial charge >= 0.3 is 0 Å². The Morgan fingerprint density at radius 2 is 1.60 bits per heavy atom. The highest BCUT2D eigenvalue weighted by Gasteiger charge is 2.25. The molecule has 0 aliphatic carbocycles. The van der Waals surface area contributed by atoms with Gasteiger partial charge in [-0.3, -0.25) is 4.79 Å². The third-order valence-electron chi connectivity index (χ3n) is 5.31. The minimum Gasteiger partial charge on any atom is -0.356 e. The summed E-state index contributed by atoms with van der Waals surface area (Å²) in [6.07, 6.45) is 3.15. The molecule has 0 atom stereocenters. The van der Waals surface area contributed by atoms with E-state index in [4.69, 9.17) is 0 Å². The highest BCUT2D eigenvalue weighted by Crippen LogP contribution is 2.24. The van der Waals surface area contributed by atoms with Crippen LogP contribution in [0.4, 0.5) is 14.6 Å². The predicted molar refractivity (Wildman–Crippen MR) is 111 cm³/mol. The van der Waals surface area contributed by atoms with E-state index in [0.717, 1.165) is 29.8 Å². The van der Waals surface area contributed by atoms with Gasteiger partial charge < -0.3 is 10.2 Å². The summed E-state index contributed by atoms with van der Waals surface area (Å²) in [5.74, 6) is 0.731. The fourth-order valence-electron chi connectivity index (χ4n) is 3.57. The number of carbonyl (C=O) groups excluding carboxylic acids is 1. The van der Waals surface area contributed by atoms with Crippen molar-refractivity contribution in [1.29, 1.82) is 0 Å². The maximum absolute atomic E-state index is 13.1. The number of amides is 1. The van der Waals surface area contributed by atoms with Crippen molar-refractivity contribution in [2.45, 2.75) is 19.4 Å². The molecule has 4 rings (SSSR count). The summed E-state index contributed by atoms with van der Waals surface area (Å²) in [4.78, 5) is 23.5. The van der Waals surface area contributed by atoms with Crippen molar-refractivity contribution >= 4 is 11.7 Å². The molecule has 2 aromatic carbocycles. The van der Waals surface area contributed by atoms with Crippen molar-refractivity contribution in [3.8, 4) is 11.4 Å². The molecule has 0 spiro atoms. The van der Waals surface area contributed by atoms with Crippen LogP contribution in [0.3, 0.4) is 0 Å². The maximum Gasteiger partial charge on any atom is 0.223 e. The number of nitrogens with zero attached hydrogens (tertiary/aromatic N) is 3. The van der Waals surface area contributed by atoms with Crippen molar-refractivity contribution in [3.05, 3.63) is 78.0 Å². The molecular formula is C23H22F2N4O. The van der Waals surface area contributed by atoms with Crippen LogP contribution in [-0.2, 0) is 11.3 Å². The molecule has 1 fully saturated rings. The number of carbonyl (C=O) groups is 1. The van der Waals surface area contributed by atoms with Crippen LogP contribution in [0.15, 0.2) is 60.8 Å². The Bertz CT molecular complexity index is 1000. The first kappa shape index (κ1) is 19.9. The molecule has 1 N–H and O–H groups in total. The maximum atomic E-state index is 13.1. The molecule has 2 heterocycles. The lowest BCUT2D eigenvalue weighted by Gasteiger charge is -2.32. The third kappa shape index (κ3) is 4.79. The lowest BCUT2D eigenvalue weighted by Crippen LogP contribution is -2.40. The normalized spacial score (nSPS) is 14.5. The highest BCUT2D eigenvalue weighted by molar-refractivity contribution is 5.79. The first-order chi connectivity index (χ1) is 14.6. The van der Waals surface area contributed by atoms with Gasteiger partial charge in [0.1, 0.15) is 17.5 Å². The number of halogens is 2. The fraction of sp³-hybridized carbons (Fsp3) is 0.261. The van der Waals surface area contributed by atoms with E-state index >= 15 is 0 Å². The third-order valence-corrected chi connectivity index (χ3v) is 5.31. The van der Waals surface area contributed by atoms with Crippen LogP contribution in [0.25, 0.3) is 11.4 Å². The summed E-state index contributed by atoms with van der Waals surface area (Å²) >= 11 is 0. The van der Waals surface area contributed by atoms with Gasteiger partial charge in [0, 0.05) is 37.3 Å². The molecule has 5 nitrogen and oxygen atoms in total. The zero-order chi connectivity index (χ0) is 20.9. The van der Waals surface area contributed by atoms with Gasteiger partial charge in [0.05, 0.1) is 0 Å². The first-order valence-electron chi connectivity index (χ1n) is 9.94. The lowest BCUT2D eigenvalue weighted by atomic mass is 9.96. The van der Waals surface area contributed by atoms with Crippen molar-refractivity contribution in [2.75, 3.05) is 18.0 Å². The van der Waals surface area contributed by atoms with Crippen LogP contribution in [0, 0.1) is 17.6 Å². The molecule has 0 radical (unpaired) electrons. The van der Waals surface area contributed by atoms with Crippen molar-refractivity contribution in [3.63, 3.8) is 0 Å². The number of piperidine rings is 1. The van der Waals surface area contributed by atoms with Crippen molar-refractivity contribution in [1.82, 2.24) is 15.3 Å². The average molecular weight is 408 g/mol. The summed E-state index contributed by atoms with van der Waals surface area (Å²) in [5, 5.41) is 2.94. The fourth-order valence-corrected chi connectivity index (χ4v) is 3.57. The lowest BCUT2D eigenvalue weighted by molar-refractivity contribution is -0.125. The number of hydrogen-bond acceptors (Lipinski definition) is 4. The topological polar surface area (TPSA) is 58.1 Å². The number of anilines is 1. The van der Waals surface area contributed by atoms with Crippen LogP contribution < -0.4 is 10.2 Å². The Morgan fingerprint density at radius 1 is 0.967 bits per heavy atom. The Labute approximate surface area is 173 Å². The van der Waals surface area contributed by atoms with Crippen LogP contribution >= 0.6 is 0 Å². The first-order valence-corrected chi connectivity index (χ1v) is 9.94. The quantitative estimate of drug-likeness (QED) is 0.695. The van der Waals surface area contributed by atoms with E-state index in [2.05, 4.69) is 20.2 Å². The number of aromatic nitrogens is 2. The molecule has 1 aromatic heterocycles. The zero-order valence-corrected chi connectivity index (χ0v) is 16.4. The van der Waals surface area contributed by atoms with Gasteiger partial charge in [0.15, 0.2) is 5.82 Å². The van der Waals surface area contributed by atoms with Gasteiger partial charge in [0.2, 0.25) is 5.91 Å². The van der Waals surface area contributed by atoms with E-state index in [0.29, 0.717) is 25.5 Å². The molecule has 0 unspecified atom stereocenters. The molecule has 154 valence electrons. The molecule has 0 bridgehead atoms. The smallest absolute Gasteiger partial charge is 0.223 e. The molecule has 30 heavy (non-hydrogen) atoms. The van der Waals surface area contributed by atoms with Crippen LogP contribution in [0.5, 0.6) is 0 Å². The van der Waals surface area contributed by atoms with Crippen LogP contribution in [0.2, 0.25) is 0 Å². The largest absolute Gasteiger partial charge is 0.356 e. The molecule has 7 heteroatoms. The Morgan fingerprint density at radius 3 is 2.27 bits per heavy atom. The summed E-state index contributed by atoms with van der Waals surface area (Å²) in [6.45, 7) is 1.83. The summed E-state index contributed by atoms with van der Waals surface area (Å²) < 4.78 is 26.1. The zero-order valence-electron chi connectivity index (χ0n) is 16.4. The van der Waals surface area contributed by atoms with Gasteiger partial charge in [-0.2, -0.15) is 0 Å². The number of rotatable bonds is 5. The second kappa shape index (κ2) is 8.98. The predicted octanol–water partition coefficient (Wildman–Crippen LogP) is 3.95. The van der Waals surface area contributed by atoms with Gasteiger partial charge in [0.25, 0.3) is 0 Å². The minimum atomic E-state index is -0.297. The Balaban J connectivity index is 1.33. The van der Waals surface area contributed by atoms with Gasteiger partial charge in [-0.05, 0) is 60.9 Å². The van der Waals surface area contributed by atoms with Crippen molar-refractivity contribution < 1.29 is 13.6 Å². The number of nitrogens with one attached hydrogen (secondary N) is 1. The van der Waals surface area contributed by atoms with Crippen LogP contribution in [-0.4, -0.2) is 29.0 Å². The molecule has 1 amide bonds. The Hall–Kier alpha value is -3.35. The second-order valence-electron chi connectivity index (χ2n) is 7.35. The molecule has 1 saturated heterocycles. The SMILES string of the molecule is O=C(NCc1ccc(F)cc1)C1CCN(c2ccnc(-c3ccc(F)cc3)n2)CC1. The van der Waals surface area contributed by atoms with Gasteiger partial charge in [-0.15, -0.1) is 0 Å². The highest BCUT2D eigenvalue weighted by atomic mass is 19.1. The average Bonchev–Trinajstić information content (AvgIpc) is 2.79. The standard InChI is InChI=1S/C23H22F2N4O/c24-19-5-1-16(2-6-19)15-27-23(30)18-10-13-29(14-11-18)21-9-12-26-22(28-21)17-3-7-20(25)8-4-17/h1-9,12,18H,10-11,13-15H2,(H,27,30). The molecule has 1 aliphatic heterocycles. The molecular weight excluding hydrogens is 386 g/mol. The molecule has 3 aromatic rings. The van der Waals surface area contributed by atoms with E-state index in [9.17, 15) is 13.6 Å². The van der Waals surface area contributed by atoms with E-state index in [-0.39, 0.29) is 23.5 Å². The van der Waals surface area contributed by atoms with E-state index in [1.807, 2.05) is 6.07 Å². The van der Waals surface area contributed by atoms with E-state index < -0.39 is 0 Å². The summed E-state index contributed by atoms with van der Waals surface area (Å²) in [6, 6.07) is 14.1. The second-order valence-corrected chi connectivity index (χ2v) is 7.35.